The molecule has 0 fully saturated rings. The van der Waals surface area contributed by atoms with Crippen LogP contribution in [-0.2, 0) is 9.59 Å². The molecule has 0 aliphatic heterocycles. The van der Waals surface area contributed by atoms with Crippen LogP contribution in [0.2, 0.25) is 0 Å². The maximum absolute atomic E-state index is 11.0. The third-order valence-corrected chi connectivity index (χ3v) is 3.57. The predicted molar refractivity (Wildman–Crippen MR) is 91.1 cm³/mol. The first kappa shape index (κ1) is 17.7. The van der Waals surface area contributed by atoms with Crippen molar-refractivity contribution in [1.82, 2.24) is 5.32 Å². The number of hydrogen-bond donors (Lipinski definition) is 1. The summed E-state index contributed by atoms with van der Waals surface area (Å²) >= 11 is 0. The van der Waals surface area contributed by atoms with Crippen molar-refractivity contribution in [2.75, 3.05) is 6.61 Å². The van der Waals surface area contributed by atoms with Crippen molar-refractivity contribution < 1.29 is 19.4 Å². The summed E-state index contributed by atoms with van der Waals surface area (Å²) in [6, 6.07) is 16.1. The Morgan fingerprint density at radius 2 is 1.75 bits per heavy atom. The Morgan fingerprint density at radius 1 is 1.12 bits per heavy atom. The van der Waals surface area contributed by atoms with Crippen LogP contribution in [0.15, 0.2) is 54.6 Å². The van der Waals surface area contributed by atoms with Crippen LogP contribution < -0.4 is 10.1 Å². The van der Waals surface area contributed by atoms with E-state index in [1.54, 1.807) is 0 Å². The Balaban J connectivity index is 1.84. The number of ether oxygens (including phenoxy) is 1. The molecule has 5 heteroatoms. The Labute approximate surface area is 141 Å². The lowest BCUT2D eigenvalue weighted by Crippen LogP contribution is -2.37. The number of aliphatic carboxylic acids is 1. The van der Waals surface area contributed by atoms with Crippen LogP contribution in [0.1, 0.15) is 13.3 Å². The second-order valence-corrected chi connectivity index (χ2v) is 5.39. The maximum Gasteiger partial charge on any atom is 0.322 e. The second kappa shape index (κ2) is 8.84. The summed E-state index contributed by atoms with van der Waals surface area (Å²) in [5.74, 6) is -0.343. The summed E-state index contributed by atoms with van der Waals surface area (Å²) in [6.07, 6.45) is 1.00. The van der Waals surface area contributed by atoms with Gasteiger partial charge in [-0.25, -0.2) is 5.32 Å². The number of carbonyl (C=O) groups is 2. The Kier molecular flexibility index (Phi) is 6.51. The number of hydrogen-bond acceptors (Lipinski definition) is 3. The van der Waals surface area contributed by atoms with Crippen LogP contribution in [0.3, 0.4) is 0 Å². The van der Waals surface area contributed by atoms with Gasteiger partial charge in [0.05, 0.1) is 12.6 Å². The van der Waals surface area contributed by atoms with Crippen molar-refractivity contribution in [3.63, 3.8) is 0 Å². The van der Waals surface area contributed by atoms with E-state index < -0.39 is 18.1 Å². The molecule has 0 spiro atoms. The van der Waals surface area contributed by atoms with Crippen LogP contribution >= 0.6 is 0 Å². The summed E-state index contributed by atoms with van der Waals surface area (Å²) in [7, 11) is 0. The zero-order chi connectivity index (χ0) is 17.4. The first-order chi connectivity index (χ1) is 11.6. The number of aldehydes is 1. The van der Waals surface area contributed by atoms with Gasteiger partial charge >= 0.3 is 5.97 Å². The largest absolute Gasteiger partial charge is 0.494 e. The number of nitrogens with zero attached hydrogens (tertiary/aromatic N) is 1. The predicted octanol–water partition coefficient (Wildman–Crippen LogP) is 2.77. The average Bonchev–Trinajstić information content (AvgIpc) is 2.62. The molecule has 0 aliphatic carbocycles. The fourth-order valence-electron chi connectivity index (χ4n) is 2.20. The lowest BCUT2D eigenvalue weighted by Gasteiger charge is -2.14. The molecule has 125 valence electrons. The summed E-state index contributed by atoms with van der Waals surface area (Å²) in [4.78, 5) is 21.7. The minimum absolute atomic E-state index is 0.296. The zero-order valence-electron chi connectivity index (χ0n) is 13.5. The van der Waals surface area contributed by atoms with Crippen molar-refractivity contribution in [3.05, 3.63) is 54.6 Å². The SMILES string of the molecule is C[C@@H]([N][C@H](C=O)CCOc1ccc(-c2ccccc2)cc1)C(=O)O. The van der Waals surface area contributed by atoms with E-state index in [9.17, 15) is 9.59 Å². The van der Waals surface area contributed by atoms with Gasteiger partial charge < -0.3 is 14.6 Å². The quantitative estimate of drug-likeness (QED) is 0.719. The Morgan fingerprint density at radius 3 is 2.33 bits per heavy atom. The van der Waals surface area contributed by atoms with Crippen LogP contribution in [-0.4, -0.2) is 36.1 Å². The molecule has 2 atom stereocenters. The number of carbonyl (C=O) groups excluding carboxylic acids is 1. The van der Waals surface area contributed by atoms with Gasteiger partial charge in [-0.2, -0.15) is 0 Å². The number of carboxylic acid groups (broad SMARTS) is 1. The molecular formula is C19H20NO4. The third-order valence-electron chi connectivity index (χ3n) is 3.57. The molecule has 0 amide bonds. The lowest BCUT2D eigenvalue weighted by atomic mass is 10.1. The van der Waals surface area contributed by atoms with Crippen molar-refractivity contribution in [3.8, 4) is 16.9 Å². The smallest absolute Gasteiger partial charge is 0.322 e. The van der Waals surface area contributed by atoms with E-state index in [1.165, 1.54) is 6.92 Å². The summed E-state index contributed by atoms with van der Waals surface area (Å²) in [6.45, 7) is 1.74. The van der Waals surface area contributed by atoms with E-state index in [-0.39, 0.29) is 0 Å². The van der Waals surface area contributed by atoms with E-state index in [2.05, 4.69) is 5.32 Å². The lowest BCUT2D eigenvalue weighted by molar-refractivity contribution is -0.139. The molecule has 2 aromatic carbocycles. The molecule has 1 N–H and O–H groups in total. The fraction of sp³-hybridized carbons (Fsp3) is 0.263. The summed E-state index contributed by atoms with van der Waals surface area (Å²) in [5.41, 5.74) is 2.23. The topological polar surface area (TPSA) is 77.7 Å². The monoisotopic (exact) mass is 326 g/mol. The molecule has 0 saturated heterocycles. The van der Waals surface area contributed by atoms with Crippen molar-refractivity contribution in [1.29, 1.82) is 0 Å². The minimum atomic E-state index is -1.04. The van der Waals surface area contributed by atoms with E-state index in [1.807, 2.05) is 54.6 Å². The van der Waals surface area contributed by atoms with E-state index >= 15 is 0 Å². The fourth-order valence-corrected chi connectivity index (χ4v) is 2.20. The highest BCUT2D eigenvalue weighted by atomic mass is 16.5. The highest BCUT2D eigenvalue weighted by Crippen LogP contribution is 2.22. The van der Waals surface area contributed by atoms with Gasteiger partial charge in [0.15, 0.2) is 0 Å². The standard InChI is InChI=1S/C19H20NO4/c1-14(19(22)23)20-17(13-21)11-12-24-18-9-7-16(8-10-18)15-5-3-2-4-6-15/h2-10,13-14,17H,11-12H2,1H3,(H,22,23)/t14-,17+/m1/s1. The summed E-state index contributed by atoms with van der Waals surface area (Å²) in [5, 5.41) is 12.7. The van der Waals surface area contributed by atoms with Gasteiger partial charge in [-0.1, -0.05) is 42.5 Å². The molecule has 0 unspecified atom stereocenters. The highest BCUT2D eigenvalue weighted by molar-refractivity contribution is 5.73. The van der Waals surface area contributed by atoms with Gasteiger partial charge in [0.2, 0.25) is 0 Å². The number of carboxylic acids is 1. The van der Waals surface area contributed by atoms with E-state index in [0.29, 0.717) is 25.1 Å². The zero-order valence-corrected chi connectivity index (χ0v) is 13.5. The van der Waals surface area contributed by atoms with Crippen LogP contribution in [0, 0.1) is 0 Å². The van der Waals surface area contributed by atoms with E-state index in [0.717, 1.165) is 11.1 Å². The van der Waals surface area contributed by atoms with Crippen LogP contribution in [0.25, 0.3) is 11.1 Å². The molecule has 0 heterocycles. The second-order valence-electron chi connectivity index (χ2n) is 5.39. The minimum Gasteiger partial charge on any atom is -0.494 e. The van der Waals surface area contributed by atoms with Gasteiger partial charge in [0, 0.05) is 6.42 Å². The molecular weight excluding hydrogens is 306 g/mol. The molecule has 2 aromatic rings. The third kappa shape index (κ3) is 5.21. The molecule has 0 aromatic heterocycles. The van der Waals surface area contributed by atoms with Crippen LogP contribution in [0.5, 0.6) is 5.75 Å². The average molecular weight is 326 g/mol. The van der Waals surface area contributed by atoms with Crippen molar-refractivity contribution in [2.24, 2.45) is 0 Å². The van der Waals surface area contributed by atoms with Gasteiger partial charge in [-0.15, -0.1) is 0 Å². The van der Waals surface area contributed by atoms with Gasteiger partial charge in [0.1, 0.15) is 18.1 Å². The molecule has 2 rings (SSSR count). The molecule has 5 nitrogen and oxygen atoms in total. The Bertz CT molecular complexity index is 655. The van der Waals surface area contributed by atoms with Gasteiger partial charge in [-0.3, -0.25) is 4.79 Å². The number of benzene rings is 2. The van der Waals surface area contributed by atoms with Gasteiger partial charge in [0.25, 0.3) is 0 Å². The molecule has 0 saturated carbocycles. The van der Waals surface area contributed by atoms with Crippen molar-refractivity contribution >= 4 is 12.3 Å². The maximum atomic E-state index is 11.0. The normalized spacial score (nSPS) is 13.0. The van der Waals surface area contributed by atoms with Crippen molar-refractivity contribution in [2.45, 2.75) is 25.4 Å². The Hall–Kier alpha value is -2.66. The van der Waals surface area contributed by atoms with Gasteiger partial charge in [-0.05, 0) is 30.2 Å². The molecule has 0 aliphatic rings. The number of rotatable bonds is 9. The van der Waals surface area contributed by atoms with E-state index in [4.69, 9.17) is 9.84 Å². The first-order valence-electron chi connectivity index (χ1n) is 7.76. The van der Waals surface area contributed by atoms with Crippen LogP contribution in [0.4, 0.5) is 0 Å². The summed E-state index contributed by atoms with van der Waals surface area (Å²) < 4.78 is 5.60. The molecule has 1 radical (unpaired) electrons. The highest BCUT2D eigenvalue weighted by Gasteiger charge is 2.18. The molecule has 0 bridgehead atoms. The molecule has 24 heavy (non-hydrogen) atoms. The first-order valence-corrected chi connectivity index (χ1v) is 7.76.